The Balaban J connectivity index is 3.13. The van der Waals surface area contributed by atoms with Gasteiger partial charge in [-0.3, -0.25) is 4.79 Å². The molecule has 0 N–H and O–H groups in total. The number of hydrogen-bond acceptors (Lipinski definition) is 2. The van der Waals surface area contributed by atoms with Crippen LogP contribution in [0.3, 0.4) is 0 Å². The van der Waals surface area contributed by atoms with Crippen LogP contribution in [-0.2, 0) is 0 Å². The Hall–Kier alpha value is -0.310. The van der Waals surface area contributed by atoms with E-state index in [-0.39, 0.29) is 17.8 Å². The summed E-state index contributed by atoms with van der Waals surface area (Å²) in [6.07, 6.45) is -4.68. The van der Waals surface area contributed by atoms with Gasteiger partial charge in [0, 0.05) is 15.3 Å². The number of ketones is 1. The highest BCUT2D eigenvalue weighted by molar-refractivity contribution is 14.1. The van der Waals surface area contributed by atoms with Gasteiger partial charge in [0.2, 0.25) is 0 Å². The van der Waals surface area contributed by atoms with Crippen LogP contribution in [0.5, 0.6) is 5.75 Å². The van der Waals surface area contributed by atoms with E-state index >= 15 is 0 Å². The monoisotopic (exact) mass is 422 g/mol. The summed E-state index contributed by atoms with van der Waals surface area (Å²) in [7, 11) is 0. The first-order valence-electron chi connectivity index (χ1n) is 4.48. The maximum absolute atomic E-state index is 12.2. The van der Waals surface area contributed by atoms with Crippen molar-refractivity contribution in [2.24, 2.45) is 0 Å². The Morgan fingerprint density at radius 2 is 2.06 bits per heavy atom. The maximum atomic E-state index is 12.2. The summed E-state index contributed by atoms with van der Waals surface area (Å²) in [5, 5.41) is 0.391. The second kappa shape index (κ2) is 6.03. The highest BCUT2D eigenvalue weighted by Crippen LogP contribution is 2.30. The first-order chi connectivity index (χ1) is 7.85. The van der Waals surface area contributed by atoms with E-state index in [2.05, 4.69) is 20.7 Å². The van der Waals surface area contributed by atoms with Gasteiger partial charge in [0.05, 0.1) is 5.56 Å². The zero-order valence-corrected chi connectivity index (χ0v) is 12.1. The van der Waals surface area contributed by atoms with Gasteiger partial charge in [-0.1, -0.05) is 22.0 Å². The molecule has 0 bridgehead atoms. The third kappa shape index (κ3) is 4.46. The van der Waals surface area contributed by atoms with Crippen molar-refractivity contribution >= 4 is 44.3 Å². The molecule has 1 aromatic carbocycles. The minimum Gasteiger partial charge on any atom is -0.405 e. The molecule has 0 aliphatic rings. The molecule has 0 saturated carbocycles. The van der Waals surface area contributed by atoms with Crippen LogP contribution in [0.25, 0.3) is 0 Å². The van der Waals surface area contributed by atoms with E-state index in [1.54, 1.807) is 6.07 Å². The van der Waals surface area contributed by atoms with Gasteiger partial charge in [-0.05, 0) is 34.7 Å². The van der Waals surface area contributed by atoms with Gasteiger partial charge in [0.15, 0.2) is 5.78 Å². The van der Waals surface area contributed by atoms with Gasteiger partial charge in [-0.2, -0.15) is 0 Å². The van der Waals surface area contributed by atoms with Gasteiger partial charge in [0.1, 0.15) is 5.75 Å². The Labute approximate surface area is 118 Å². The fourth-order valence-corrected chi connectivity index (χ4v) is 2.33. The van der Waals surface area contributed by atoms with Crippen molar-refractivity contribution in [1.82, 2.24) is 0 Å². The predicted molar refractivity (Wildman–Crippen MR) is 68.6 cm³/mol. The van der Waals surface area contributed by atoms with Crippen LogP contribution >= 0.6 is 38.5 Å². The molecule has 0 amide bonds. The van der Waals surface area contributed by atoms with Crippen LogP contribution in [0.1, 0.15) is 16.8 Å². The van der Waals surface area contributed by atoms with Gasteiger partial charge < -0.3 is 4.74 Å². The van der Waals surface area contributed by atoms with Crippen molar-refractivity contribution in [3.8, 4) is 5.75 Å². The van der Waals surface area contributed by atoms with Crippen LogP contribution in [0.15, 0.2) is 18.2 Å². The normalized spacial score (nSPS) is 11.4. The van der Waals surface area contributed by atoms with Gasteiger partial charge in [-0.15, -0.1) is 13.2 Å². The Morgan fingerprint density at radius 1 is 1.41 bits per heavy atom. The predicted octanol–water partition coefficient (Wildman–Crippen LogP) is 4.16. The molecule has 0 atom stereocenters. The average molecular weight is 423 g/mol. The maximum Gasteiger partial charge on any atom is 0.573 e. The van der Waals surface area contributed by atoms with Crippen molar-refractivity contribution in [1.29, 1.82) is 0 Å². The van der Waals surface area contributed by atoms with E-state index in [4.69, 9.17) is 0 Å². The Bertz CT molecular complexity index is 421. The third-order valence-electron chi connectivity index (χ3n) is 1.80. The highest BCUT2D eigenvalue weighted by atomic mass is 127. The van der Waals surface area contributed by atoms with E-state index in [1.807, 2.05) is 22.6 Å². The average Bonchev–Trinajstić information content (AvgIpc) is 2.15. The lowest BCUT2D eigenvalue weighted by molar-refractivity contribution is -0.274. The topological polar surface area (TPSA) is 26.3 Å². The molecule has 94 valence electrons. The summed E-state index contributed by atoms with van der Waals surface area (Å²) in [5.74, 6) is -0.832. The van der Waals surface area contributed by atoms with E-state index in [9.17, 15) is 18.0 Å². The first kappa shape index (κ1) is 14.7. The van der Waals surface area contributed by atoms with Crippen molar-refractivity contribution in [3.05, 3.63) is 27.3 Å². The van der Waals surface area contributed by atoms with E-state index in [1.165, 1.54) is 6.07 Å². The summed E-state index contributed by atoms with van der Waals surface area (Å²) in [6.45, 7) is 0. The number of alkyl halides is 4. The minimum atomic E-state index is -4.80. The lowest BCUT2D eigenvalue weighted by Crippen LogP contribution is -2.19. The number of hydrogen-bond donors (Lipinski definition) is 0. The number of carbonyl (C=O) groups excluding carboxylic acids is 1. The second-order valence-electron chi connectivity index (χ2n) is 3.02. The van der Waals surface area contributed by atoms with Crippen LogP contribution in [0.4, 0.5) is 13.2 Å². The molecule has 0 aliphatic carbocycles. The van der Waals surface area contributed by atoms with Gasteiger partial charge >= 0.3 is 6.36 Å². The van der Waals surface area contributed by atoms with Crippen molar-refractivity contribution in [2.45, 2.75) is 12.8 Å². The van der Waals surface area contributed by atoms with E-state index in [0.29, 0.717) is 8.90 Å². The second-order valence-corrected chi connectivity index (χ2v) is 4.98. The van der Waals surface area contributed by atoms with Gasteiger partial charge in [-0.25, -0.2) is 0 Å². The Morgan fingerprint density at radius 3 is 2.59 bits per heavy atom. The van der Waals surface area contributed by atoms with Crippen molar-refractivity contribution < 1.29 is 22.7 Å². The molecule has 0 aromatic heterocycles. The zero-order valence-electron chi connectivity index (χ0n) is 8.35. The molecular weight excluding hydrogens is 416 g/mol. The fraction of sp³-hybridized carbons (Fsp3) is 0.300. The van der Waals surface area contributed by atoms with Gasteiger partial charge in [0.25, 0.3) is 0 Å². The Kier molecular flexibility index (Phi) is 5.23. The molecule has 0 unspecified atom stereocenters. The number of carbonyl (C=O) groups is 1. The van der Waals surface area contributed by atoms with Crippen molar-refractivity contribution in [3.63, 3.8) is 0 Å². The quantitative estimate of drug-likeness (QED) is 0.414. The van der Waals surface area contributed by atoms with Crippen LogP contribution in [0.2, 0.25) is 0 Å². The lowest BCUT2D eigenvalue weighted by Gasteiger charge is -2.13. The number of ether oxygens (including phenoxy) is 1. The molecule has 0 aliphatic heterocycles. The molecule has 0 heterocycles. The van der Waals surface area contributed by atoms with E-state index < -0.39 is 12.1 Å². The van der Waals surface area contributed by atoms with Crippen LogP contribution < -0.4 is 4.74 Å². The SMILES string of the molecule is O=C(CCBr)c1c(I)cccc1OC(F)(F)F. The molecule has 7 heteroatoms. The molecule has 2 nitrogen and oxygen atoms in total. The smallest absolute Gasteiger partial charge is 0.405 e. The number of Topliss-reactive ketones (excluding diaryl/α,β-unsaturated/α-hetero) is 1. The fourth-order valence-electron chi connectivity index (χ4n) is 1.20. The minimum absolute atomic E-state index is 0.0233. The molecule has 1 aromatic rings. The molecule has 0 fully saturated rings. The third-order valence-corrected chi connectivity index (χ3v) is 3.10. The molecular formula is C10H7BrF3IO2. The summed E-state index contributed by atoms with van der Waals surface area (Å²) >= 11 is 4.88. The molecule has 0 saturated heterocycles. The lowest BCUT2D eigenvalue weighted by atomic mass is 10.1. The summed E-state index contributed by atoms with van der Waals surface area (Å²) in [6, 6.07) is 4.11. The zero-order chi connectivity index (χ0) is 13.1. The van der Waals surface area contributed by atoms with Crippen LogP contribution in [-0.4, -0.2) is 17.5 Å². The molecule has 1 rings (SSSR count). The first-order valence-corrected chi connectivity index (χ1v) is 6.68. The number of halogens is 5. The van der Waals surface area contributed by atoms with Crippen molar-refractivity contribution in [2.75, 3.05) is 5.33 Å². The van der Waals surface area contributed by atoms with E-state index in [0.717, 1.165) is 6.07 Å². The standard InChI is InChI=1S/C10H7BrF3IO2/c11-5-4-7(16)9-6(15)2-1-3-8(9)17-10(12,13)14/h1-3H,4-5H2. The summed E-state index contributed by atoms with van der Waals surface area (Å²) < 4.78 is 40.8. The largest absolute Gasteiger partial charge is 0.573 e. The molecule has 0 spiro atoms. The molecule has 17 heavy (non-hydrogen) atoms. The summed E-state index contributed by atoms with van der Waals surface area (Å²) in [4.78, 5) is 11.7. The van der Waals surface area contributed by atoms with Crippen LogP contribution in [0, 0.1) is 3.57 Å². The summed E-state index contributed by atoms with van der Waals surface area (Å²) in [5.41, 5.74) is -0.0233. The number of rotatable bonds is 4. The highest BCUT2D eigenvalue weighted by Gasteiger charge is 2.33. The number of benzene rings is 1. The molecule has 0 radical (unpaired) electrons.